The van der Waals surface area contributed by atoms with E-state index in [9.17, 15) is 34.2 Å². The summed E-state index contributed by atoms with van der Waals surface area (Å²) in [7, 11) is 0. The van der Waals surface area contributed by atoms with Gasteiger partial charge in [0.2, 0.25) is 29.5 Å². The van der Waals surface area contributed by atoms with Crippen LogP contribution in [0.4, 0.5) is 0 Å². The molecule has 0 unspecified atom stereocenters. The van der Waals surface area contributed by atoms with Crippen molar-refractivity contribution >= 4 is 29.5 Å². The second kappa shape index (κ2) is 17.8. The van der Waals surface area contributed by atoms with Gasteiger partial charge in [-0.25, -0.2) is 5.48 Å². The lowest BCUT2D eigenvalue weighted by Gasteiger charge is -2.27. The van der Waals surface area contributed by atoms with Crippen molar-refractivity contribution in [1.29, 1.82) is 0 Å². The Labute approximate surface area is 239 Å². The van der Waals surface area contributed by atoms with Crippen LogP contribution >= 0.6 is 0 Å². The number of aliphatic hydroxyl groups is 1. The van der Waals surface area contributed by atoms with Gasteiger partial charge in [-0.2, -0.15) is 0 Å². The summed E-state index contributed by atoms with van der Waals surface area (Å²) >= 11 is 0. The van der Waals surface area contributed by atoms with Crippen molar-refractivity contribution in [3.63, 3.8) is 0 Å². The minimum Gasteiger partial charge on any atom is -0.508 e. The molecule has 14 heteroatoms. The van der Waals surface area contributed by atoms with Crippen molar-refractivity contribution in [3.8, 4) is 5.75 Å². The number of hydroxylamine groups is 1. The molecule has 0 aliphatic rings. The molecule has 0 heterocycles. The maximum Gasteiger partial charge on any atom is 0.245 e. The number of carbonyl (C=O) groups is 5. The van der Waals surface area contributed by atoms with Gasteiger partial charge in [0.25, 0.3) is 0 Å². The number of rotatable bonds is 18. The molecule has 0 radical (unpaired) electrons. The molecule has 230 valence electrons. The van der Waals surface area contributed by atoms with Crippen LogP contribution in [0.15, 0.2) is 24.3 Å². The van der Waals surface area contributed by atoms with Gasteiger partial charge in [-0.15, -0.1) is 0 Å². The molecule has 0 saturated carbocycles. The lowest BCUT2D eigenvalue weighted by Crippen LogP contribution is -2.60. The van der Waals surface area contributed by atoms with Crippen molar-refractivity contribution in [2.75, 3.05) is 6.54 Å². The number of nitrogens with one attached hydrogen (secondary N) is 4. The number of amides is 5. The van der Waals surface area contributed by atoms with Gasteiger partial charge in [-0.1, -0.05) is 26.0 Å². The fraction of sp³-hybridized carbons (Fsp3) is 0.593. The molecule has 0 fully saturated rings. The van der Waals surface area contributed by atoms with E-state index in [1.807, 2.05) is 13.8 Å². The van der Waals surface area contributed by atoms with E-state index < -0.39 is 59.7 Å². The second-order valence-corrected chi connectivity index (χ2v) is 10.5. The highest BCUT2D eigenvalue weighted by Gasteiger charge is 2.33. The number of hydrogen-bond acceptors (Lipinski definition) is 9. The van der Waals surface area contributed by atoms with Gasteiger partial charge in [0, 0.05) is 18.8 Å². The Kier molecular flexibility index (Phi) is 15.3. The summed E-state index contributed by atoms with van der Waals surface area (Å²) in [4.78, 5) is 63.3. The van der Waals surface area contributed by atoms with Crippen LogP contribution in [0.2, 0.25) is 0 Å². The minimum atomic E-state index is -1.50. The van der Waals surface area contributed by atoms with Gasteiger partial charge < -0.3 is 37.6 Å². The van der Waals surface area contributed by atoms with Crippen LogP contribution in [0.5, 0.6) is 5.75 Å². The van der Waals surface area contributed by atoms with E-state index in [2.05, 4.69) is 16.0 Å². The number of nitrogens with two attached hydrogens (primary N) is 2. The second-order valence-electron chi connectivity index (χ2n) is 10.5. The number of phenols is 1. The first kappa shape index (κ1) is 35.3. The number of primary amides is 1. The maximum atomic E-state index is 13.4. The Morgan fingerprint density at radius 3 is 2.00 bits per heavy atom. The summed E-state index contributed by atoms with van der Waals surface area (Å²) in [5.74, 6) is -4.73. The van der Waals surface area contributed by atoms with Gasteiger partial charge in [-0.3, -0.25) is 29.2 Å². The predicted molar refractivity (Wildman–Crippen MR) is 149 cm³/mol. The summed E-state index contributed by atoms with van der Waals surface area (Å²) in [6.07, 6.45) is -0.152. The average molecular weight is 581 g/mol. The number of phenolic OH excluding ortho intramolecular Hbond substituents is 1. The average Bonchev–Trinajstić information content (AvgIpc) is 2.90. The molecule has 1 rings (SSSR count). The number of hydrogen-bond donors (Lipinski definition) is 9. The van der Waals surface area contributed by atoms with Gasteiger partial charge >= 0.3 is 0 Å². The van der Waals surface area contributed by atoms with Crippen LogP contribution in [0.3, 0.4) is 0 Å². The van der Waals surface area contributed by atoms with E-state index in [1.54, 1.807) is 12.1 Å². The largest absolute Gasteiger partial charge is 0.508 e. The zero-order valence-electron chi connectivity index (χ0n) is 23.8. The molecule has 41 heavy (non-hydrogen) atoms. The smallest absolute Gasteiger partial charge is 0.245 e. The van der Waals surface area contributed by atoms with Crippen molar-refractivity contribution in [1.82, 2.24) is 21.4 Å². The van der Waals surface area contributed by atoms with Crippen LogP contribution in [0.1, 0.15) is 58.4 Å². The quantitative estimate of drug-likeness (QED) is 0.0582. The van der Waals surface area contributed by atoms with Gasteiger partial charge in [-0.05, 0) is 62.8 Å². The third-order valence-corrected chi connectivity index (χ3v) is 6.36. The van der Waals surface area contributed by atoms with Crippen LogP contribution in [-0.4, -0.2) is 75.7 Å². The molecule has 14 nitrogen and oxygen atoms in total. The van der Waals surface area contributed by atoms with E-state index in [0.29, 0.717) is 24.9 Å². The molecule has 0 aliphatic heterocycles. The maximum absolute atomic E-state index is 13.4. The Bertz CT molecular complexity index is 1020. The minimum absolute atomic E-state index is 0.00731. The number of unbranched alkanes of at least 4 members (excludes halogenated alkanes) is 1. The highest BCUT2D eigenvalue weighted by molar-refractivity contribution is 5.95. The number of aromatic hydroxyl groups is 1. The van der Waals surface area contributed by atoms with Crippen molar-refractivity contribution < 1.29 is 39.4 Å². The normalized spacial score (nSPS) is 14.7. The molecule has 0 spiro atoms. The highest BCUT2D eigenvalue weighted by Crippen LogP contribution is 2.17. The molecule has 11 N–H and O–H groups in total. The molecular weight excluding hydrogens is 536 g/mol. The third kappa shape index (κ3) is 13.0. The molecule has 0 aromatic heterocycles. The van der Waals surface area contributed by atoms with E-state index in [-0.39, 0.29) is 37.4 Å². The van der Waals surface area contributed by atoms with E-state index >= 15 is 0 Å². The molecule has 5 atom stereocenters. The monoisotopic (exact) mass is 580 g/mol. The summed E-state index contributed by atoms with van der Waals surface area (Å²) in [6.45, 7) is 5.36. The van der Waals surface area contributed by atoms with Crippen LogP contribution < -0.4 is 32.9 Å². The fourth-order valence-electron chi connectivity index (χ4n) is 4.19. The van der Waals surface area contributed by atoms with Crippen molar-refractivity contribution in [2.45, 2.75) is 83.5 Å². The summed E-state index contributed by atoms with van der Waals surface area (Å²) < 4.78 is 0. The summed E-state index contributed by atoms with van der Waals surface area (Å²) in [5, 5.41) is 36.4. The molecular formula is C27H44N6O8. The Morgan fingerprint density at radius 1 is 0.878 bits per heavy atom. The first-order chi connectivity index (χ1) is 19.3. The molecule has 0 aliphatic carbocycles. The molecule has 5 amide bonds. The number of aliphatic hydroxyl groups excluding tert-OH is 1. The summed E-state index contributed by atoms with van der Waals surface area (Å²) in [6, 6.07) is 2.09. The molecule has 0 bridgehead atoms. The predicted octanol–water partition coefficient (Wildman–Crippen LogP) is -1.06. The Balaban J connectivity index is 3.20. The zero-order valence-corrected chi connectivity index (χ0v) is 23.8. The Morgan fingerprint density at radius 2 is 1.49 bits per heavy atom. The summed E-state index contributed by atoms with van der Waals surface area (Å²) in [5.41, 5.74) is 12.9. The molecule has 0 saturated heterocycles. The Hall–Kier alpha value is -3.75. The lowest BCUT2D eigenvalue weighted by atomic mass is 9.92. The van der Waals surface area contributed by atoms with Crippen LogP contribution in [-0.2, 0) is 30.4 Å². The fourth-order valence-corrected chi connectivity index (χ4v) is 4.19. The highest BCUT2D eigenvalue weighted by atomic mass is 16.5. The van der Waals surface area contributed by atoms with Crippen molar-refractivity contribution in [3.05, 3.63) is 29.8 Å². The first-order valence-electron chi connectivity index (χ1n) is 13.6. The van der Waals surface area contributed by atoms with E-state index in [1.165, 1.54) is 24.5 Å². The van der Waals surface area contributed by atoms with Crippen LogP contribution in [0.25, 0.3) is 0 Å². The van der Waals surface area contributed by atoms with Gasteiger partial charge in [0.15, 0.2) is 0 Å². The topological polar surface area (TPSA) is 246 Å². The van der Waals surface area contributed by atoms with Crippen LogP contribution in [0, 0.1) is 11.8 Å². The van der Waals surface area contributed by atoms with E-state index in [0.717, 1.165) is 0 Å². The SMILES string of the molecule is CC(C)C[C@H](CC(=O)NO)C(=O)N[C@@H](Cc1ccc(O)cc1)C(=O)N[C@H](C(=O)N[C@@H](CCCCN)C(N)=O)[C@@H](C)O. The molecule has 1 aromatic rings. The first-order valence-corrected chi connectivity index (χ1v) is 13.6. The van der Waals surface area contributed by atoms with Gasteiger partial charge in [0.05, 0.1) is 6.10 Å². The molecule has 1 aromatic carbocycles. The number of carbonyl (C=O) groups excluding carboxylic acids is 5. The van der Waals surface area contributed by atoms with E-state index in [4.69, 9.17) is 16.7 Å². The van der Waals surface area contributed by atoms with Crippen molar-refractivity contribution in [2.24, 2.45) is 23.3 Å². The lowest BCUT2D eigenvalue weighted by molar-refractivity contribution is -0.137. The van der Waals surface area contributed by atoms with Gasteiger partial charge in [0.1, 0.15) is 23.9 Å². The standard InChI is InChI=1S/C27H44N6O8/c1-15(2)12-18(14-22(36)33-41)25(38)31-21(13-17-7-9-19(35)10-8-17)26(39)32-23(16(3)34)27(40)30-20(24(29)37)6-4-5-11-28/h7-10,15-16,18,20-21,23,34-35,41H,4-6,11-14,28H2,1-3H3,(H2,29,37)(H,30,40)(H,31,38)(H,32,39)(H,33,36)/t16-,18-,20+,21+,23+/m1/s1. The number of benzene rings is 1. The zero-order chi connectivity index (χ0) is 31.1. The third-order valence-electron chi connectivity index (χ3n) is 6.36.